The zero-order valence-electron chi connectivity index (χ0n) is 9.85. The van der Waals surface area contributed by atoms with Crippen LogP contribution in [0.5, 0.6) is 5.75 Å². The lowest BCUT2D eigenvalue weighted by Gasteiger charge is -2.17. The Morgan fingerprint density at radius 1 is 1.41 bits per heavy atom. The number of esters is 1. The fourth-order valence-corrected chi connectivity index (χ4v) is 2.25. The lowest BCUT2D eigenvalue weighted by atomic mass is 9.89. The van der Waals surface area contributed by atoms with Gasteiger partial charge in [-0.1, -0.05) is 12.1 Å². The maximum Gasteiger partial charge on any atom is 0.310 e. The molecule has 2 rings (SSSR count). The molecule has 17 heavy (non-hydrogen) atoms. The van der Waals surface area contributed by atoms with Gasteiger partial charge in [-0.05, 0) is 24.6 Å². The van der Waals surface area contributed by atoms with E-state index in [1.165, 1.54) is 0 Å². The second-order valence-electron chi connectivity index (χ2n) is 4.21. The number of hydrogen-bond acceptors (Lipinski definition) is 4. The third kappa shape index (κ3) is 2.58. The van der Waals surface area contributed by atoms with Gasteiger partial charge >= 0.3 is 5.97 Å². The first kappa shape index (κ1) is 11.9. The number of ether oxygens (including phenoxy) is 1. The van der Waals surface area contributed by atoms with Crippen molar-refractivity contribution in [2.45, 2.75) is 12.8 Å². The molecule has 1 fully saturated rings. The minimum Gasteiger partial charge on any atom is -0.508 e. The lowest BCUT2D eigenvalue weighted by molar-refractivity contribution is -0.147. The summed E-state index contributed by atoms with van der Waals surface area (Å²) >= 11 is 0. The van der Waals surface area contributed by atoms with Gasteiger partial charge in [0.05, 0.1) is 12.5 Å². The van der Waals surface area contributed by atoms with Crippen LogP contribution in [0.15, 0.2) is 24.3 Å². The fraction of sp³-hybridized carbons (Fsp3) is 0.462. The summed E-state index contributed by atoms with van der Waals surface area (Å²) < 4.78 is 5.07. The molecule has 1 heterocycles. The first-order chi connectivity index (χ1) is 8.22. The van der Waals surface area contributed by atoms with Crippen LogP contribution in [0.4, 0.5) is 0 Å². The van der Waals surface area contributed by atoms with E-state index in [4.69, 9.17) is 4.74 Å². The van der Waals surface area contributed by atoms with E-state index in [-0.39, 0.29) is 23.6 Å². The number of carbonyl (C=O) groups excluding carboxylic acids is 1. The molecule has 1 aromatic carbocycles. The topological polar surface area (TPSA) is 58.6 Å². The predicted octanol–water partition coefficient (Wildman–Crippen LogP) is 1.26. The van der Waals surface area contributed by atoms with E-state index in [0.29, 0.717) is 13.2 Å². The standard InChI is InChI=1S/C13H17NO3/c1-2-17-13(16)12-8-14-7-11(12)9-3-5-10(15)6-4-9/h3-6,11-12,14-15H,2,7-8H2,1H3/t11-,12-/m0/s1. The highest BCUT2D eigenvalue weighted by atomic mass is 16.5. The SMILES string of the molecule is CCOC(=O)[C@H]1CNC[C@H]1c1ccc(O)cc1. The molecule has 0 amide bonds. The number of rotatable bonds is 3. The second kappa shape index (κ2) is 5.19. The van der Waals surface area contributed by atoms with Crippen LogP contribution in [0.2, 0.25) is 0 Å². The van der Waals surface area contributed by atoms with Crippen LogP contribution in [0.3, 0.4) is 0 Å². The van der Waals surface area contributed by atoms with Crippen molar-refractivity contribution in [3.05, 3.63) is 29.8 Å². The van der Waals surface area contributed by atoms with E-state index in [1.54, 1.807) is 12.1 Å². The monoisotopic (exact) mass is 235 g/mol. The van der Waals surface area contributed by atoms with Crippen molar-refractivity contribution >= 4 is 5.97 Å². The summed E-state index contributed by atoms with van der Waals surface area (Å²) in [6.07, 6.45) is 0. The highest BCUT2D eigenvalue weighted by molar-refractivity contribution is 5.74. The van der Waals surface area contributed by atoms with Crippen molar-refractivity contribution in [3.8, 4) is 5.75 Å². The Morgan fingerprint density at radius 3 is 2.76 bits per heavy atom. The molecule has 4 nitrogen and oxygen atoms in total. The van der Waals surface area contributed by atoms with Crippen molar-refractivity contribution in [2.75, 3.05) is 19.7 Å². The first-order valence-corrected chi connectivity index (χ1v) is 5.88. The fourth-order valence-electron chi connectivity index (χ4n) is 2.25. The largest absolute Gasteiger partial charge is 0.508 e. The molecule has 0 aliphatic carbocycles. The molecule has 2 atom stereocenters. The highest BCUT2D eigenvalue weighted by Crippen LogP contribution is 2.29. The van der Waals surface area contributed by atoms with Crippen molar-refractivity contribution in [2.24, 2.45) is 5.92 Å². The summed E-state index contributed by atoms with van der Waals surface area (Å²) in [6.45, 7) is 3.66. The molecule has 4 heteroatoms. The molecule has 2 N–H and O–H groups in total. The molecule has 1 aromatic rings. The molecule has 0 radical (unpaired) electrons. The number of nitrogens with one attached hydrogen (secondary N) is 1. The van der Waals surface area contributed by atoms with Gasteiger partial charge < -0.3 is 15.2 Å². The molecular formula is C13H17NO3. The van der Waals surface area contributed by atoms with E-state index < -0.39 is 0 Å². The van der Waals surface area contributed by atoms with Gasteiger partial charge in [0, 0.05) is 19.0 Å². The lowest BCUT2D eigenvalue weighted by Crippen LogP contribution is -2.24. The molecule has 0 unspecified atom stereocenters. The number of benzene rings is 1. The molecular weight excluding hydrogens is 218 g/mol. The minimum atomic E-state index is -0.143. The van der Waals surface area contributed by atoms with Crippen LogP contribution in [-0.4, -0.2) is 30.8 Å². The molecule has 1 saturated heterocycles. The van der Waals surface area contributed by atoms with E-state index in [2.05, 4.69) is 5.32 Å². The number of phenols is 1. The van der Waals surface area contributed by atoms with Crippen LogP contribution in [-0.2, 0) is 9.53 Å². The van der Waals surface area contributed by atoms with Gasteiger partial charge in [-0.3, -0.25) is 4.79 Å². The Labute approximate surface area is 101 Å². The van der Waals surface area contributed by atoms with E-state index >= 15 is 0 Å². The van der Waals surface area contributed by atoms with Gasteiger partial charge in [0.2, 0.25) is 0 Å². The van der Waals surface area contributed by atoms with E-state index in [9.17, 15) is 9.90 Å². The van der Waals surface area contributed by atoms with Crippen molar-refractivity contribution < 1.29 is 14.6 Å². The zero-order chi connectivity index (χ0) is 12.3. The molecule has 1 aliphatic heterocycles. The Morgan fingerprint density at radius 2 is 2.12 bits per heavy atom. The number of phenolic OH excluding ortho intramolecular Hbond substituents is 1. The van der Waals surface area contributed by atoms with Gasteiger partial charge in [-0.25, -0.2) is 0 Å². The van der Waals surface area contributed by atoms with Crippen LogP contribution in [0.25, 0.3) is 0 Å². The summed E-state index contributed by atoms with van der Waals surface area (Å²) in [4.78, 5) is 11.8. The normalized spacial score (nSPS) is 23.6. The second-order valence-corrected chi connectivity index (χ2v) is 4.21. The summed E-state index contributed by atoms with van der Waals surface area (Å²) in [5.41, 5.74) is 1.06. The average molecular weight is 235 g/mol. The van der Waals surface area contributed by atoms with E-state index in [1.807, 2.05) is 19.1 Å². The maximum atomic E-state index is 11.8. The van der Waals surface area contributed by atoms with Gasteiger partial charge in [0.1, 0.15) is 5.75 Å². The van der Waals surface area contributed by atoms with Crippen LogP contribution < -0.4 is 5.32 Å². The van der Waals surface area contributed by atoms with Crippen LogP contribution in [0, 0.1) is 5.92 Å². The van der Waals surface area contributed by atoms with Crippen molar-refractivity contribution in [1.29, 1.82) is 0 Å². The number of carbonyl (C=O) groups is 1. The quantitative estimate of drug-likeness (QED) is 0.774. The summed E-state index contributed by atoms with van der Waals surface area (Å²) in [6, 6.07) is 7.02. The first-order valence-electron chi connectivity index (χ1n) is 5.88. The summed E-state index contributed by atoms with van der Waals surface area (Å²) in [5.74, 6) is 0.108. The van der Waals surface area contributed by atoms with E-state index in [0.717, 1.165) is 12.1 Å². The summed E-state index contributed by atoms with van der Waals surface area (Å²) in [5, 5.41) is 12.5. The minimum absolute atomic E-state index is 0.125. The van der Waals surface area contributed by atoms with Crippen molar-refractivity contribution in [3.63, 3.8) is 0 Å². The number of aromatic hydroxyl groups is 1. The Bertz CT molecular complexity index is 388. The van der Waals surface area contributed by atoms with Gasteiger partial charge in [-0.15, -0.1) is 0 Å². The molecule has 0 bridgehead atoms. The zero-order valence-corrected chi connectivity index (χ0v) is 9.85. The predicted molar refractivity (Wildman–Crippen MR) is 63.8 cm³/mol. The molecule has 0 aromatic heterocycles. The highest BCUT2D eigenvalue weighted by Gasteiger charge is 2.34. The Hall–Kier alpha value is -1.55. The molecule has 1 aliphatic rings. The van der Waals surface area contributed by atoms with Crippen molar-refractivity contribution in [1.82, 2.24) is 5.32 Å². The maximum absolute atomic E-state index is 11.8. The number of hydrogen-bond donors (Lipinski definition) is 2. The third-order valence-corrected chi connectivity index (χ3v) is 3.12. The molecule has 92 valence electrons. The van der Waals surface area contributed by atoms with Gasteiger partial charge in [0.15, 0.2) is 0 Å². The molecule has 0 spiro atoms. The Kier molecular flexibility index (Phi) is 3.64. The summed E-state index contributed by atoms with van der Waals surface area (Å²) in [7, 11) is 0. The Balaban J connectivity index is 2.14. The van der Waals surface area contributed by atoms with Crippen LogP contribution in [0.1, 0.15) is 18.4 Å². The smallest absolute Gasteiger partial charge is 0.310 e. The van der Waals surface area contributed by atoms with Gasteiger partial charge in [0.25, 0.3) is 0 Å². The third-order valence-electron chi connectivity index (χ3n) is 3.12. The molecule has 0 saturated carbocycles. The average Bonchev–Trinajstić information content (AvgIpc) is 2.79. The van der Waals surface area contributed by atoms with Crippen LogP contribution >= 0.6 is 0 Å². The van der Waals surface area contributed by atoms with Gasteiger partial charge in [-0.2, -0.15) is 0 Å².